The van der Waals surface area contributed by atoms with Crippen molar-refractivity contribution in [2.24, 2.45) is 0 Å². The third-order valence-electron chi connectivity index (χ3n) is 8.86. The largest absolute Gasteiger partial charge is 0.508 e. The van der Waals surface area contributed by atoms with E-state index >= 15 is 0 Å². The van der Waals surface area contributed by atoms with Crippen molar-refractivity contribution >= 4 is 27.5 Å². The second-order valence-corrected chi connectivity index (χ2v) is 11.8. The molecule has 3 fully saturated rings. The number of phenolic OH excluding ortho intramolecular Hbond substituents is 1. The van der Waals surface area contributed by atoms with Crippen molar-refractivity contribution in [2.45, 2.75) is 50.0 Å². The maximum atomic E-state index is 14.9. The van der Waals surface area contributed by atoms with Gasteiger partial charge in [-0.15, -0.1) is 6.42 Å². The number of ether oxygens (including phenoxy) is 1. The Hall–Kier alpha value is -4.41. The fraction of sp³-hybridized carbons (Fsp3) is 0.406. The molecule has 0 spiro atoms. The molecule has 45 heavy (non-hydrogen) atoms. The van der Waals surface area contributed by atoms with Gasteiger partial charge in [0.2, 0.25) is 0 Å². The summed E-state index contributed by atoms with van der Waals surface area (Å²) in [6.45, 7) is -0.895. The number of hydrogen-bond donors (Lipinski definition) is 2. The first-order valence-electron chi connectivity index (χ1n) is 15.6. The van der Waals surface area contributed by atoms with Gasteiger partial charge in [-0.3, -0.25) is 9.36 Å². The highest BCUT2D eigenvalue weighted by molar-refractivity contribution is 5.97. The molecule has 3 atom stereocenters. The number of fused-ring (bicyclic) bond motifs is 4. The topological polar surface area (TPSA) is 95.8 Å². The Bertz CT molecular complexity index is 2020. The van der Waals surface area contributed by atoms with Crippen molar-refractivity contribution in [2.75, 3.05) is 38.1 Å². The average Bonchev–Trinajstić information content (AvgIpc) is 3.60. The van der Waals surface area contributed by atoms with E-state index < -0.39 is 64.4 Å². The molecule has 0 saturated carbocycles. The number of likely N-dealkylation sites (N-methyl/N-ethyl adjacent to an activating group) is 1. The summed E-state index contributed by atoms with van der Waals surface area (Å²) >= 11 is 0. The molecule has 0 unspecified atom stereocenters. The van der Waals surface area contributed by atoms with Gasteiger partial charge in [0.25, 0.3) is 5.56 Å². The highest BCUT2D eigenvalue weighted by Gasteiger charge is 2.39. The summed E-state index contributed by atoms with van der Waals surface area (Å²) in [6.07, 6.45) is 3.39. The first-order valence-corrected chi connectivity index (χ1v) is 14.6. The number of benzene rings is 2. The number of alkyl halides is 3. The van der Waals surface area contributed by atoms with Crippen LogP contribution in [0, 0.1) is 18.2 Å². The number of anilines is 1. The molecule has 0 aliphatic carbocycles. The van der Waals surface area contributed by atoms with Gasteiger partial charge in [0.1, 0.15) is 35.2 Å². The number of piperazine rings is 1. The summed E-state index contributed by atoms with van der Waals surface area (Å²) in [5.41, 5.74) is -4.06. The molecule has 0 radical (unpaired) electrons. The number of hydrogen-bond acceptors (Lipinski definition) is 8. The SMILES string of the molecule is [2H]C([2H])(Oc1nc(N2C[C@H]3CC[C@@H](C2)N3)c2cc(C(F)(F)F)n(-c3cc(O)cc4ccc(F)c(C#C)c34)c(=O)c2n1)[C@@H]1CCCN1C. The van der Waals surface area contributed by atoms with E-state index in [1.807, 2.05) is 0 Å². The molecule has 7 rings (SSSR count). The standard InChI is InChI=1S/C32H30F4N6O3/c1-3-22-24(33)9-6-17-11-21(43)12-25(27(17)22)42-26(32(34,35)36)13-23-28(30(42)44)38-31(45-16-20-5-4-10-40(20)2)39-29(23)41-14-18-7-8-19(15-41)37-18/h1,6,9,11-13,18-20,37,43H,4-5,7-8,10,14-16H2,2H3/t18-,19+,20-/m0/s1/i16D2. The maximum absolute atomic E-state index is 14.9. The number of rotatable bonds is 5. The normalized spacial score (nSPS) is 22.9. The number of pyridine rings is 1. The van der Waals surface area contributed by atoms with Crippen LogP contribution in [0.15, 0.2) is 35.1 Å². The lowest BCUT2D eigenvalue weighted by Gasteiger charge is -2.34. The van der Waals surface area contributed by atoms with Crippen LogP contribution in [-0.4, -0.2) is 75.9 Å². The molecule has 234 valence electrons. The van der Waals surface area contributed by atoms with Crippen LogP contribution in [0.3, 0.4) is 0 Å². The molecular weight excluding hydrogens is 592 g/mol. The lowest BCUT2D eigenvalue weighted by atomic mass is 10.0. The molecule has 2 aromatic carbocycles. The van der Waals surface area contributed by atoms with Crippen molar-refractivity contribution < 1.29 is 30.1 Å². The highest BCUT2D eigenvalue weighted by atomic mass is 19.4. The van der Waals surface area contributed by atoms with Crippen LogP contribution in [0.25, 0.3) is 27.4 Å². The van der Waals surface area contributed by atoms with Gasteiger partial charge in [-0.05, 0) is 62.9 Å². The number of nitrogens with one attached hydrogen (secondary N) is 1. The van der Waals surface area contributed by atoms with Crippen LogP contribution in [0.5, 0.6) is 11.8 Å². The van der Waals surface area contributed by atoms with Gasteiger partial charge >= 0.3 is 12.2 Å². The first-order chi connectivity index (χ1) is 22.2. The predicted octanol–water partition coefficient (Wildman–Crippen LogP) is 4.19. The van der Waals surface area contributed by atoms with E-state index in [9.17, 15) is 27.5 Å². The van der Waals surface area contributed by atoms with Crippen molar-refractivity contribution in [1.82, 2.24) is 24.8 Å². The van der Waals surface area contributed by atoms with Gasteiger partial charge in [0.05, 0.1) is 19.4 Å². The molecule has 9 nitrogen and oxygen atoms in total. The molecule has 3 aliphatic rings. The third kappa shape index (κ3) is 5.11. The van der Waals surface area contributed by atoms with Gasteiger partial charge in [-0.25, -0.2) is 4.39 Å². The molecule has 3 aliphatic heterocycles. The van der Waals surface area contributed by atoms with Crippen LogP contribution in [-0.2, 0) is 6.18 Å². The predicted molar refractivity (Wildman–Crippen MR) is 161 cm³/mol. The minimum atomic E-state index is -5.12. The van der Waals surface area contributed by atoms with Gasteiger partial charge in [-0.2, -0.15) is 23.1 Å². The Kier molecular flexibility index (Phi) is 6.52. The fourth-order valence-corrected chi connectivity index (χ4v) is 6.75. The van der Waals surface area contributed by atoms with Gasteiger partial charge in [0.15, 0.2) is 0 Å². The molecule has 5 heterocycles. The van der Waals surface area contributed by atoms with Crippen LogP contribution in [0.1, 0.15) is 39.7 Å². The average molecular weight is 625 g/mol. The van der Waals surface area contributed by atoms with E-state index in [4.69, 9.17) is 13.9 Å². The quantitative estimate of drug-likeness (QED) is 0.252. The number of phenols is 1. The molecule has 0 amide bonds. The minimum absolute atomic E-state index is 0.00449. The van der Waals surface area contributed by atoms with Crippen molar-refractivity contribution in [3.63, 3.8) is 0 Å². The van der Waals surface area contributed by atoms with Gasteiger partial charge in [0, 0.05) is 42.7 Å². The molecule has 3 saturated heterocycles. The summed E-state index contributed by atoms with van der Waals surface area (Å²) in [6, 6.07) is 4.04. The smallest absolute Gasteiger partial charge is 0.431 e. The van der Waals surface area contributed by atoms with E-state index in [0.717, 1.165) is 37.5 Å². The van der Waals surface area contributed by atoms with E-state index in [0.29, 0.717) is 30.6 Å². The van der Waals surface area contributed by atoms with Crippen molar-refractivity contribution in [3.05, 3.63) is 57.8 Å². The van der Waals surface area contributed by atoms with E-state index in [1.54, 1.807) is 16.8 Å². The van der Waals surface area contributed by atoms with Crippen LogP contribution < -0.4 is 20.5 Å². The van der Waals surface area contributed by atoms with Crippen molar-refractivity contribution in [1.29, 1.82) is 0 Å². The molecule has 2 bridgehead atoms. The number of terminal acetylenes is 1. The minimum Gasteiger partial charge on any atom is -0.508 e. The van der Waals surface area contributed by atoms with E-state index in [1.165, 1.54) is 12.1 Å². The second kappa shape index (κ2) is 10.9. The zero-order valence-electron chi connectivity index (χ0n) is 26.2. The number of aromatic hydroxyl groups is 1. The zero-order valence-corrected chi connectivity index (χ0v) is 24.2. The maximum Gasteiger partial charge on any atom is 0.431 e. The summed E-state index contributed by atoms with van der Waals surface area (Å²) in [5, 5.41) is 13.7. The molecule has 4 aromatic rings. The number of aromatic nitrogens is 3. The van der Waals surface area contributed by atoms with Crippen LogP contribution in [0.4, 0.5) is 23.4 Å². The summed E-state index contributed by atoms with van der Waals surface area (Å²) < 4.78 is 83.2. The summed E-state index contributed by atoms with van der Waals surface area (Å²) in [4.78, 5) is 26.6. The molecule has 13 heteroatoms. The van der Waals surface area contributed by atoms with Crippen molar-refractivity contribution in [3.8, 4) is 29.8 Å². The fourth-order valence-electron chi connectivity index (χ4n) is 6.75. The Morgan fingerprint density at radius 3 is 2.60 bits per heavy atom. The second-order valence-electron chi connectivity index (χ2n) is 11.8. The van der Waals surface area contributed by atoms with E-state index in [2.05, 4.69) is 21.2 Å². The lowest BCUT2D eigenvalue weighted by molar-refractivity contribution is -0.142. The highest BCUT2D eigenvalue weighted by Crippen LogP contribution is 2.39. The van der Waals surface area contributed by atoms with Gasteiger partial charge in [-0.1, -0.05) is 12.0 Å². The Balaban J connectivity index is 1.52. The first kappa shape index (κ1) is 26.9. The lowest BCUT2D eigenvalue weighted by Crippen LogP contribution is -2.51. The number of nitrogens with zero attached hydrogens (tertiary/aromatic N) is 5. The monoisotopic (exact) mass is 624 g/mol. The number of halogens is 4. The van der Waals surface area contributed by atoms with Gasteiger partial charge < -0.3 is 25.0 Å². The Morgan fingerprint density at radius 1 is 1.18 bits per heavy atom. The third-order valence-corrected chi connectivity index (χ3v) is 8.86. The van der Waals surface area contributed by atoms with E-state index in [-0.39, 0.29) is 34.1 Å². The zero-order chi connectivity index (χ0) is 33.4. The summed E-state index contributed by atoms with van der Waals surface area (Å²) in [7, 11) is 1.76. The molecule has 2 aromatic heterocycles. The molecular formula is C32H30F4N6O3. The number of likely N-dealkylation sites (tertiary alicyclic amines) is 1. The Morgan fingerprint density at radius 2 is 1.93 bits per heavy atom. The van der Waals surface area contributed by atoms with Crippen LogP contribution >= 0.6 is 0 Å². The Labute approximate surface area is 258 Å². The van der Waals surface area contributed by atoms with Crippen LogP contribution in [0.2, 0.25) is 0 Å². The molecule has 2 N–H and O–H groups in total. The summed E-state index contributed by atoms with van der Waals surface area (Å²) in [5.74, 6) is 0.774.